The van der Waals surface area contributed by atoms with Crippen molar-refractivity contribution in [2.45, 2.75) is 24.9 Å². The molecular weight excluding hydrogens is 278 g/mol. The van der Waals surface area contributed by atoms with Crippen molar-refractivity contribution < 1.29 is 9.53 Å². The number of carbonyl (C=O) groups excluding carboxylic acids is 1. The fourth-order valence-electron chi connectivity index (χ4n) is 3.37. The highest BCUT2D eigenvalue weighted by Crippen LogP contribution is 2.18. The van der Waals surface area contributed by atoms with Crippen LogP contribution in [0.5, 0.6) is 0 Å². The average molecular weight is 303 g/mol. The standard InChI is InChI=1S/C17H25N3O2/c18-16(12-14-4-2-1-3-5-14)17(21)20-7-6-15(13-20)19-8-10-22-11-9-19/h1-5,15-16H,6-13,18H2. The number of likely N-dealkylation sites (tertiary alicyclic amines) is 1. The van der Waals surface area contributed by atoms with Gasteiger partial charge in [-0.25, -0.2) is 0 Å². The molecule has 1 amide bonds. The van der Waals surface area contributed by atoms with Gasteiger partial charge < -0.3 is 15.4 Å². The summed E-state index contributed by atoms with van der Waals surface area (Å²) in [6.07, 6.45) is 1.65. The molecule has 0 aromatic heterocycles. The van der Waals surface area contributed by atoms with Gasteiger partial charge in [0.1, 0.15) is 0 Å². The van der Waals surface area contributed by atoms with Crippen LogP contribution in [0.1, 0.15) is 12.0 Å². The molecule has 2 heterocycles. The second kappa shape index (κ2) is 7.22. The Hall–Kier alpha value is -1.43. The Morgan fingerprint density at radius 1 is 1.23 bits per heavy atom. The third kappa shape index (κ3) is 3.66. The van der Waals surface area contributed by atoms with E-state index in [0.29, 0.717) is 12.5 Å². The summed E-state index contributed by atoms with van der Waals surface area (Å²) in [5.74, 6) is 0.0830. The Morgan fingerprint density at radius 2 is 1.95 bits per heavy atom. The van der Waals surface area contributed by atoms with Gasteiger partial charge in [-0.1, -0.05) is 30.3 Å². The summed E-state index contributed by atoms with van der Waals surface area (Å²) in [7, 11) is 0. The first-order valence-corrected chi connectivity index (χ1v) is 8.14. The third-order valence-electron chi connectivity index (χ3n) is 4.65. The van der Waals surface area contributed by atoms with Crippen LogP contribution in [0.4, 0.5) is 0 Å². The summed E-state index contributed by atoms with van der Waals surface area (Å²) in [5, 5.41) is 0. The molecule has 120 valence electrons. The molecule has 1 aromatic rings. The first-order valence-electron chi connectivity index (χ1n) is 8.14. The van der Waals surface area contributed by atoms with Crippen molar-refractivity contribution >= 4 is 5.91 Å². The van der Waals surface area contributed by atoms with Crippen LogP contribution in [0.2, 0.25) is 0 Å². The Kier molecular flexibility index (Phi) is 5.08. The highest BCUT2D eigenvalue weighted by Gasteiger charge is 2.32. The van der Waals surface area contributed by atoms with Gasteiger partial charge in [0.25, 0.3) is 0 Å². The van der Waals surface area contributed by atoms with E-state index in [1.165, 1.54) is 0 Å². The zero-order valence-electron chi connectivity index (χ0n) is 13.0. The highest BCUT2D eigenvalue weighted by atomic mass is 16.5. The molecule has 2 atom stereocenters. The van der Waals surface area contributed by atoms with Crippen LogP contribution in [0, 0.1) is 0 Å². The summed E-state index contributed by atoms with van der Waals surface area (Å²) in [4.78, 5) is 16.9. The monoisotopic (exact) mass is 303 g/mol. The van der Waals surface area contributed by atoms with Gasteiger partial charge in [0.15, 0.2) is 0 Å². The Balaban J connectivity index is 1.52. The van der Waals surface area contributed by atoms with E-state index in [0.717, 1.165) is 51.4 Å². The van der Waals surface area contributed by atoms with E-state index in [1.54, 1.807) is 0 Å². The average Bonchev–Trinajstić information content (AvgIpc) is 3.06. The second-order valence-electron chi connectivity index (χ2n) is 6.17. The van der Waals surface area contributed by atoms with Crippen LogP contribution in [0.15, 0.2) is 30.3 Å². The van der Waals surface area contributed by atoms with Gasteiger partial charge in [-0.15, -0.1) is 0 Å². The maximum Gasteiger partial charge on any atom is 0.239 e. The Labute approximate surface area is 132 Å². The van der Waals surface area contributed by atoms with Crippen LogP contribution in [0.3, 0.4) is 0 Å². The van der Waals surface area contributed by atoms with Gasteiger partial charge in [-0.2, -0.15) is 0 Å². The first-order chi connectivity index (χ1) is 10.7. The fourth-order valence-corrected chi connectivity index (χ4v) is 3.37. The summed E-state index contributed by atoms with van der Waals surface area (Å²) in [6.45, 7) is 5.19. The van der Waals surface area contributed by atoms with Gasteiger partial charge >= 0.3 is 0 Å². The van der Waals surface area contributed by atoms with E-state index in [2.05, 4.69) is 4.90 Å². The minimum absolute atomic E-state index is 0.0830. The van der Waals surface area contributed by atoms with Crippen molar-refractivity contribution in [3.63, 3.8) is 0 Å². The maximum absolute atomic E-state index is 12.5. The molecule has 2 aliphatic heterocycles. The van der Waals surface area contributed by atoms with Crippen molar-refractivity contribution in [2.24, 2.45) is 5.73 Å². The SMILES string of the molecule is NC(Cc1ccccc1)C(=O)N1CCC(N2CCOCC2)C1. The molecule has 0 bridgehead atoms. The van der Waals surface area contributed by atoms with E-state index in [4.69, 9.17) is 10.5 Å². The van der Waals surface area contributed by atoms with Crippen LogP contribution in [0.25, 0.3) is 0 Å². The number of benzene rings is 1. The van der Waals surface area contributed by atoms with Gasteiger partial charge in [-0.3, -0.25) is 9.69 Å². The number of amides is 1. The van der Waals surface area contributed by atoms with E-state index < -0.39 is 6.04 Å². The minimum Gasteiger partial charge on any atom is -0.379 e. The molecule has 0 saturated carbocycles. The highest BCUT2D eigenvalue weighted by molar-refractivity contribution is 5.82. The maximum atomic E-state index is 12.5. The topological polar surface area (TPSA) is 58.8 Å². The lowest BCUT2D eigenvalue weighted by Gasteiger charge is -2.32. The zero-order valence-corrected chi connectivity index (χ0v) is 13.0. The number of carbonyl (C=O) groups is 1. The summed E-state index contributed by atoms with van der Waals surface area (Å²) < 4.78 is 5.40. The van der Waals surface area contributed by atoms with E-state index in [1.807, 2.05) is 35.2 Å². The number of rotatable bonds is 4. The molecule has 0 aliphatic carbocycles. The molecule has 2 N–H and O–H groups in total. The predicted molar refractivity (Wildman–Crippen MR) is 85.5 cm³/mol. The smallest absolute Gasteiger partial charge is 0.239 e. The molecule has 22 heavy (non-hydrogen) atoms. The normalized spacial score (nSPS) is 24.4. The molecule has 2 aliphatic rings. The quantitative estimate of drug-likeness (QED) is 0.879. The molecule has 0 radical (unpaired) electrons. The molecular formula is C17H25N3O2. The lowest BCUT2D eigenvalue weighted by molar-refractivity contribution is -0.131. The summed E-state index contributed by atoms with van der Waals surface area (Å²) in [5.41, 5.74) is 7.25. The number of nitrogens with two attached hydrogens (primary N) is 1. The van der Waals surface area contributed by atoms with Crippen molar-refractivity contribution in [2.75, 3.05) is 39.4 Å². The molecule has 2 fully saturated rings. The molecule has 1 aromatic carbocycles. The van der Waals surface area contributed by atoms with Gasteiger partial charge in [0.2, 0.25) is 5.91 Å². The Morgan fingerprint density at radius 3 is 2.68 bits per heavy atom. The van der Waals surface area contributed by atoms with E-state index in [-0.39, 0.29) is 5.91 Å². The van der Waals surface area contributed by atoms with Crippen LogP contribution >= 0.6 is 0 Å². The molecule has 0 spiro atoms. The molecule has 5 heteroatoms. The lowest BCUT2D eigenvalue weighted by atomic mass is 10.1. The van der Waals surface area contributed by atoms with Gasteiger partial charge in [0.05, 0.1) is 19.3 Å². The molecule has 2 saturated heterocycles. The number of nitrogens with zero attached hydrogens (tertiary/aromatic N) is 2. The fraction of sp³-hybridized carbons (Fsp3) is 0.588. The number of ether oxygens (including phenoxy) is 1. The molecule has 2 unspecified atom stereocenters. The van der Waals surface area contributed by atoms with Crippen molar-refractivity contribution in [1.29, 1.82) is 0 Å². The number of hydrogen-bond acceptors (Lipinski definition) is 4. The van der Waals surface area contributed by atoms with E-state index >= 15 is 0 Å². The van der Waals surface area contributed by atoms with Crippen molar-refractivity contribution in [3.8, 4) is 0 Å². The zero-order chi connectivity index (χ0) is 15.4. The van der Waals surface area contributed by atoms with Crippen LogP contribution < -0.4 is 5.73 Å². The van der Waals surface area contributed by atoms with E-state index in [9.17, 15) is 4.79 Å². The minimum atomic E-state index is -0.439. The number of morpholine rings is 1. The van der Waals surface area contributed by atoms with Gasteiger partial charge in [0, 0.05) is 32.2 Å². The second-order valence-corrected chi connectivity index (χ2v) is 6.17. The van der Waals surface area contributed by atoms with Gasteiger partial charge in [-0.05, 0) is 18.4 Å². The lowest BCUT2D eigenvalue weighted by Crippen LogP contribution is -2.47. The van der Waals surface area contributed by atoms with Crippen LogP contribution in [-0.2, 0) is 16.0 Å². The molecule has 5 nitrogen and oxygen atoms in total. The Bertz CT molecular complexity index is 488. The summed E-state index contributed by atoms with van der Waals surface area (Å²) in [6, 6.07) is 10.0. The number of hydrogen-bond donors (Lipinski definition) is 1. The van der Waals surface area contributed by atoms with Crippen molar-refractivity contribution in [3.05, 3.63) is 35.9 Å². The van der Waals surface area contributed by atoms with Crippen LogP contribution in [-0.4, -0.2) is 67.2 Å². The largest absolute Gasteiger partial charge is 0.379 e. The van der Waals surface area contributed by atoms with Crippen molar-refractivity contribution in [1.82, 2.24) is 9.80 Å². The first kappa shape index (κ1) is 15.5. The predicted octanol–water partition coefficient (Wildman–Crippen LogP) is 0.490. The summed E-state index contributed by atoms with van der Waals surface area (Å²) >= 11 is 0. The molecule has 3 rings (SSSR count). The third-order valence-corrected chi connectivity index (χ3v) is 4.65.